The van der Waals surface area contributed by atoms with Crippen LogP contribution in [0.25, 0.3) is 10.4 Å². The average molecular weight is 428 g/mol. The van der Waals surface area contributed by atoms with Crippen molar-refractivity contribution in [3.63, 3.8) is 0 Å². The number of hydrogen-bond acceptors (Lipinski definition) is 4. The molecule has 2 atom stereocenters. The molecule has 0 saturated heterocycles. The van der Waals surface area contributed by atoms with Gasteiger partial charge >= 0.3 is 0 Å². The largest absolute Gasteiger partial charge is 0.397 e. The number of thiophene rings is 1. The van der Waals surface area contributed by atoms with Gasteiger partial charge in [0.25, 0.3) is 5.91 Å². The molecular weight excluding hydrogens is 403 g/mol. The highest BCUT2D eigenvalue weighted by Crippen LogP contribution is 2.46. The summed E-state index contributed by atoms with van der Waals surface area (Å²) in [6, 6.07) is 16.7. The van der Waals surface area contributed by atoms with Crippen LogP contribution in [0.2, 0.25) is 0 Å². The Kier molecular flexibility index (Phi) is 6.58. The maximum atomic E-state index is 12.7. The van der Waals surface area contributed by atoms with Crippen molar-refractivity contribution in [1.29, 1.82) is 0 Å². The number of rotatable bonds is 7. The molecule has 4 N–H and O–H groups in total. The van der Waals surface area contributed by atoms with E-state index in [0.717, 1.165) is 16.0 Å². The third-order valence-electron chi connectivity index (χ3n) is 5.00. The van der Waals surface area contributed by atoms with E-state index in [9.17, 15) is 14.3 Å². The SMILES string of the molecule is CCP(=O)(O)C(C)Cc1ccc(C(=O)Nc2cc(-c3cccs3)ccc2N)cc1. The van der Waals surface area contributed by atoms with Crippen LogP contribution >= 0.6 is 18.7 Å². The van der Waals surface area contributed by atoms with Crippen molar-refractivity contribution in [2.75, 3.05) is 17.2 Å². The summed E-state index contributed by atoms with van der Waals surface area (Å²) in [6.45, 7) is 3.51. The fourth-order valence-corrected chi connectivity index (χ4v) is 4.89. The first-order chi connectivity index (χ1) is 13.8. The zero-order valence-corrected chi connectivity index (χ0v) is 18.2. The van der Waals surface area contributed by atoms with E-state index in [1.165, 1.54) is 0 Å². The Bertz CT molecular complexity index is 1030. The molecule has 1 aromatic heterocycles. The molecule has 2 unspecified atom stereocenters. The lowest BCUT2D eigenvalue weighted by molar-refractivity contribution is 0.102. The van der Waals surface area contributed by atoms with Gasteiger partial charge in [0.15, 0.2) is 0 Å². The summed E-state index contributed by atoms with van der Waals surface area (Å²) in [6.07, 6.45) is 0.764. The normalized spacial score (nSPS) is 14.2. The first-order valence-corrected chi connectivity index (χ1v) is 12.2. The molecule has 1 amide bonds. The zero-order chi connectivity index (χ0) is 21.0. The minimum atomic E-state index is -3.13. The van der Waals surface area contributed by atoms with Crippen LogP contribution in [-0.2, 0) is 11.0 Å². The van der Waals surface area contributed by atoms with Gasteiger partial charge in [0.2, 0.25) is 7.37 Å². The second kappa shape index (κ2) is 8.95. The Hall–Kier alpha value is -2.40. The van der Waals surface area contributed by atoms with Crippen molar-refractivity contribution in [3.8, 4) is 10.4 Å². The number of anilines is 2. The quantitative estimate of drug-likeness (QED) is 0.344. The van der Waals surface area contributed by atoms with Gasteiger partial charge in [-0.1, -0.05) is 38.1 Å². The van der Waals surface area contributed by atoms with E-state index in [-0.39, 0.29) is 17.7 Å². The molecule has 3 rings (SSSR count). The molecule has 0 aliphatic carbocycles. The van der Waals surface area contributed by atoms with Crippen molar-refractivity contribution in [1.82, 2.24) is 0 Å². The van der Waals surface area contributed by atoms with Crippen molar-refractivity contribution in [3.05, 3.63) is 71.1 Å². The molecule has 0 aliphatic heterocycles. The number of hydrogen-bond donors (Lipinski definition) is 3. The third kappa shape index (κ3) is 5.15. The molecule has 0 spiro atoms. The lowest BCUT2D eigenvalue weighted by atomic mass is 10.1. The number of amides is 1. The topological polar surface area (TPSA) is 92.4 Å². The highest BCUT2D eigenvalue weighted by Gasteiger charge is 2.24. The maximum Gasteiger partial charge on any atom is 0.255 e. The van der Waals surface area contributed by atoms with Crippen LogP contribution in [0.3, 0.4) is 0 Å². The molecule has 3 aromatic rings. The standard InChI is InChI=1S/C22H25N2O3PS/c1-3-28(26,27)15(2)13-16-6-8-17(9-7-16)22(25)24-20-14-18(10-11-19(20)23)21-5-4-12-29-21/h4-12,14-15H,3,13,23H2,1-2H3,(H,24,25)(H,26,27). The second-order valence-corrected chi connectivity index (χ2v) is 11.0. The molecule has 0 radical (unpaired) electrons. The van der Waals surface area contributed by atoms with Gasteiger partial charge in [0.05, 0.1) is 11.4 Å². The minimum absolute atomic E-state index is 0.249. The summed E-state index contributed by atoms with van der Waals surface area (Å²) in [5.41, 5.74) is 9.23. The molecule has 152 valence electrons. The molecule has 7 heteroatoms. The van der Waals surface area contributed by atoms with E-state index >= 15 is 0 Å². The Balaban J connectivity index is 1.72. The number of benzene rings is 2. The number of nitrogen functional groups attached to an aromatic ring is 1. The highest BCUT2D eigenvalue weighted by atomic mass is 32.1. The molecule has 0 aliphatic rings. The van der Waals surface area contributed by atoms with E-state index in [0.29, 0.717) is 23.4 Å². The van der Waals surface area contributed by atoms with Crippen LogP contribution in [-0.4, -0.2) is 22.6 Å². The molecule has 29 heavy (non-hydrogen) atoms. The van der Waals surface area contributed by atoms with Crippen molar-refractivity contribution < 1.29 is 14.3 Å². The van der Waals surface area contributed by atoms with Gasteiger partial charge in [0, 0.05) is 22.3 Å². The molecule has 1 heterocycles. The van der Waals surface area contributed by atoms with Crippen LogP contribution < -0.4 is 11.1 Å². The Morgan fingerprint density at radius 1 is 1.21 bits per heavy atom. The van der Waals surface area contributed by atoms with Gasteiger partial charge in [-0.2, -0.15) is 0 Å². The first-order valence-electron chi connectivity index (χ1n) is 9.45. The fourth-order valence-electron chi connectivity index (χ4n) is 3.04. The van der Waals surface area contributed by atoms with Gasteiger partial charge in [-0.05, 0) is 53.3 Å². The Morgan fingerprint density at radius 2 is 1.93 bits per heavy atom. The summed E-state index contributed by atoms with van der Waals surface area (Å²) in [5.74, 6) is -0.249. The van der Waals surface area contributed by atoms with Gasteiger partial charge in [-0.15, -0.1) is 11.3 Å². The van der Waals surface area contributed by atoms with Crippen LogP contribution in [0, 0.1) is 0 Å². The summed E-state index contributed by atoms with van der Waals surface area (Å²) in [7, 11) is -3.13. The summed E-state index contributed by atoms with van der Waals surface area (Å²) in [5, 5.41) is 4.88. The van der Waals surface area contributed by atoms with E-state index in [4.69, 9.17) is 5.73 Å². The van der Waals surface area contributed by atoms with Gasteiger partial charge in [-0.3, -0.25) is 9.36 Å². The average Bonchev–Trinajstić information content (AvgIpc) is 3.25. The number of carbonyl (C=O) groups is 1. The molecule has 5 nitrogen and oxygen atoms in total. The van der Waals surface area contributed by atoms with Crippen LogP contribution in [0.4, 0.5) is 11.4 Å². The van der Waals surface area contributed by atoms with Crippen molar-refractivity contribution in [2.45, 2.75) is 25.9 Å². The van der Waals surface area contributed by atoms with E-state index in [1.54, 1.807) is 43.4 Å². The van der Waals surface area contributed by atoms with Gasteiger partial charge in [0.1, 0.15) is 0 Å². The van der Waals surface area contributed by atoms with Crippen LogP contribution in [0.5, 0.6) is 0 Å². The number of nitrogens with two attached hydrogens (primary N) is 1. The predicted octanol–water partition coefficient (Wildman–Crippen LogP) is 5.47. The van der Waals surface area contributed by atoms with Crippen molar-refractivity contribution >= 4 is 36.0 Å². The lowest BCUT2D eigenvalue weighted by Crippen LogP contribution is -2.14. The summed E-state index contributed by atoms with van der Waals surface area (Å²) >= 11 is 1.62. The van der Waals surface area contributed by atoms with E-state index in [2.05, 4.69) is 5.32 Å². The fraction of sp³-hybridized carbons (Fsp3) is 0.227. The molecule has 0 bridgehead atoms. The number of carbonyl (C=O) groups excluding carboxylic acids is 1. The van der Waals surface area contributed by atoms with E-state index in [1.807, 2.05) is 41.8 Å². The zero-order valence-electron chi connectivity index (χ0n) is 16.5. The smallest absolute Gasteiger partial charge is 0.255 e. The van der Waals surface area contributed by atoms with Gasteiger partial charge in [-0.25, -0.2) is 0 Å². The van der Waals surface area contributed by atoms with Crippen LogP contribution in [0.1, 0.15) is 29.8 Å². The molecule has 0 fully saturated rings. The maximum absolute atomic E-state index is 12.7. The molecule has 2 aromatic carbocycles. The minimum Gasteiger partial charge on any atom is -0.397 e. The Labute approximate surface area is 175 Å². The summed E-state index contributed by atoms with van der Waals surface area (Å²) < 4.78 is 12.1. The predicted molar refractivity (Wildman–Crippen MR) is 122 cm³/mol. The van der Waals surface area contributed by atoms with Gasteiger partial charge < -0.3 is 15.9 Å². The lowest BCUT2D eigenvalue weighted by Gasteiger charge is -2.17. The van der Waals surface area contributed by atoms with Crippen LogP contribution in [0.15, 0.2) is 60.0 Å². The second-order valence-electron chi connectivity index (χ2n) is 7.06. The molecule has 0 saturated carbocycles. The third-order valence-corrected chi connectivity index (χ3v) is 8.38. The Morgan fingerprint density at radius 3 is 2.55 bits per heavy atom. The summed E-state index contributed by atoms with van der Waals surface area (Å²) in [4.78, 5) is 23.7. The number of nitrogens with one attached hydrogen (secondary N) is 1. The monoisotopic (exact) mass is 428 g/mol. The first kappa shape index (κ1) is 21.3. The highest BCUT2D eigenvalue weighted by molar-refractivity contribution is 7.58. The molecular formula is C22H25N2O3PS. The van der Waals surface area contributed by atoms with E-state index < -0.39 is 7.37 Å². The van der Waals surface area contributed by atoms with Crippen molar-refractivity contribution in [2.24, 2.45) is 0 Å².